The molecule has 0 fully saturated rings. The van der Waals surface area contributed by atoms with Crippen molar-refractivity contribution in [1.29, 1.82) is 0 Å². The van der Waals surface area contributed by atoms with Crippen LogP contribution in [0.25, 0.3) is 0 Å². The van der Waals surface area contributed by atoms with Crippen LogP contribution in [0.3, 0.4) is 0 Å². The summed E-state index contributed by atoms with van der Waals surface area (Å²) in [6.07, 6.45) is 1.43. The first-order chi connectivity index (χ1) is 24.5. The lowest BCUT2D eigenvalue weighted by Crippen LogP contribution is -2.47. The van der Waals surface area contributed by atoms with Crippen molar-refractivity contribution in [2.45, 2.75) is 76.8 Å². The molecule has 1 unspecified atom stereocenters. The highest BCUT2D eigenvalue weighted by Gasteiger charge is 2.58. The second-order valence-electron chi connectivity index (χ2n) is 16.9. The van der Waals surface area contributed by atoms with E-state index in [0.717, 1.165) is 62.5 Å². The van der Waals surface area contributed by atoms with E-state index in [1.54, 1.807) is 12.1 Å². The molecule has 10 nitrogen and oxygen atoms in total. The van der Waals surface area contributed by atoms with Crippen LogP contribution >= 0.6 is 0 Å². The Morgan fingerprint density at radius 3 is 1.58 bits per heavy atom. The van der Waals surface area contributed by atoms with E-state index in [2.05, 4.69) is 37.5 Å². The fourth-order valence-corrected chi connectivity index (χ4v) is 10.6. The van der Waals surface area contributed by atoms with Gasteiger partial charge in [-0.3, -0.25) is 24.1 Å². The number of hydrogen-bond acceptors (Lipinski definition) is 8. The van der Waals surface area contributed by atoms with Crippen LogP contribution in [-0.2, 0) is 29.3 Å². The maximum atomic E-state index is 14.6. The summed E-state index contributed by atoms with van der Waals surface area (Å²) < 4.78 is 0. The molecule has 262 valence electrons. The van der Waals surface area contributed by atoms with Gasteiger partial charge in [-0.1, -0.05) is 27.7 Å². The highest BCUT2D eigenvalue weighted by molar-refractivity contribution is 6.35. The molecule has 1 atom stereocenters. The lowest BCUT2D eigenvalue weighted by Gasteiger charge is -2.46. The Labute approximate surface area is 300 Å². The third-order valence-corrected chi connectivity index (χ3v) is 13.0. The molecule has 4 aliphatic heterocycles. The Morgan fingerprint density at radius 1 is 0.596 bits per heavy atom. The molecule has 1 spiro atoms. The number of benzene rings is 4. The Bertz CT molecular complexity index is 2460. The number of hydrogen-bond donors (Lipinski definition) is 2. The van der Waals surface area contributed by atoms with Gasteiger partial charge in [-0.15, -0.1) is 0 Å². The van der Waals surface area contributed by atoms with Crippen LogP contribution in [0.5, 0.6) is 11.5 Å². The molecule has 0 radical (unpaired) electrons. The second-order valence-corrected chi connectivity index (χ2v) is 16.9. The number of fused-ring (bicyclic) bond motifs is 12. The summed E-state index contributed by atoms with van der Waals surface area (Å²) in [6.45, 7) is 12.0. The van der Waals surface area contributed by atoms with Crippen LogP contribution in [0, 0.1) is 6.92 Å². The Morgan fingerprint density at radius 2 is 1.04 bits per heavy atom. The lowest BCUT2D eigenvalue weighted by molar-refractivity contribution is 0.0692. The zero-order valence-electron chi connectivity index (χ0n) is 30.0. The van der Waals surface area contributed by atoms with Crippen LogP contribution in [0.1, 0.15) is 121 Å². The van der Waals surface area contributed by atoms with Gasteiger partial charge in [0.25, 0.3) is 23.6 Å². The van der Waals surface area contributed by atoms with Gasteiger partial charge >= 0.3 is 0 Å². The van der Waals surface area contributed by atoms with E-state index >= 15 is 0 Å². The van der Waals surface area contributed by atoms with Crippen LogP contribution in [0.2, 0.25) is 0 Å². The number of rotatable bonds is 1. The summed E-state index contributed by atoms with van der Waals surface area (Å²) in [6, 6.07) is 14.6. The summed E-state index contributed by atoms with van der Waals surface area (Å²) in [5.41, 5.74) is 8.69. The van der Waals surface area contributed by atoms with Crippen LogP contribution < -0.4 is 14.7 Å². The van der Waals surface area contributed by atoms with Crippen molar-refractivity contribution in [3.8, 4) is 11.5 Å². The van der Waals surface area contributed by atoms with Crippen LogP contribution in [0.15, 0.2) is 48.5 Å². The summed E-state index contributed by atoms with van der Waals surface area (Å²) in [5.74, 6) is -1.47. The summed E-state index contributed by atoms with van der Waals surface area (Å²) in [4.78, 5) is 62.0. The maximum Gasteiger partial charge on any atom is 0.266 e. The Kier molecular flexibility index (Phi) is 5.64. The van der Waals surface area contributed by atoms with Crippen molar-refractivity contribution in [2.75, 3.05) is 28.4 Å². The monoisotopic (exact) mass is 694 g/mol. The first-order valence-corrected chi connectivity index (χ1v) is 17.8. The van der Waals surface area contributed by atoms with Gasteiger partial charge in [0.1, 0.15) is 17.2 Å². The highest BCUT2D eigenvalue weighted by atomic mass is 16.3. The maximum absolute atomic E-state index is 14.6. The fourth-order valence-electron chi connectivity index (χ4n) is 10.6. The molecule has 2 N–H and O–H groups in total. The van der Waals surface area contributed by atoms with Gasteiger partial charge in [0, 0.05) is 48.1 Å². The van der Waals surface area contributed by atoms with Crippen molar-refractivity contribution < 1.29 is 29.4 Å². The first kappa shape index (κ1) is 31.1. The molecule has 2 aliphatic carbocycles. The summed E-state index contributed by atoms with van der Waals surface area (Å²) in [7, 11) is 1.51. The molecule has 4 aromatic carbocycles. The minimum absolute atomic E-state index is 0.147. The predicted molar refractivity (Wildman–Crippen MR) is 195 cm³/mol. The summed E-state index contributed by atoms with van der Waals surface area (Å²) >= 11 is 0. The quantitative estimate of drug-likeness (QED) is 0.220. The normalized spacial score (nSPS) is 22.6. The van der Waals surface area contributed by atoms with E-state index < -0.39 is 17.2 Å². The molecule has 0 saturated heterocycles. The number of anilines is 3. The number of amides is 4. The number of carbonyl (C=O) groups is 4. The smallest absolute Gasteiger partial charge is 0.266 e. The van der Waals surface area contributed by atoms with E-state index in [1.807, 2.05) is 43.3 Å². The Balaban J connectivity index is 1.11. The van der Waals surface area contributed by atoms with Crippen molar-refractivity contribution in [2.24, 2.45) is 0 Å². The number of imide groups is 2. The van der Waals surface area contributed by atoms with Crippen molar-refractivity contribution in [3.63, 3.8) is 0 Å². The second kappa shape index (κ2) is 9.42. The number of carbonyl (C=O) groups excluding carboxylic acids is 4. The van der Waals surface area contributed by atoms with Gasteiger partial charge in [-0.2, -0.15) is 0 Å². The molecule has 52 heavy (non-hydrogen) atoms. The van der Waals surface area contributed by atoms with Gasteiger partial charge in [0.05, 0.1) is 28.9 Å². The predicted octanol–water partition coefficient (Wildman–Crippen LogP) is 6.38. The average molecular weight is 695 g/mol. The fraction of sp³-hybridized carbons (Fsp3) is 0.333. The van der Waals surface area contributed by atoms with Crippen LogP contribution in [-0.4, -0.2) is 52.5 Å². The third-order valence-electron chi connectivity index (χ3n) is 13.0. The average Bonchev–Trinajstić information content (AvgIpc) is 3.65. The molecule has 2 bridgehead atoms. The summed E-state index contributed by atoms with van der Waals surface area (Å²) in [5, 5.41) is 21.9. The molecule has 4 aromatic rings. The minimum atomic E-state index is -0.547. The first-order valence-electron chi connectivity index (χ1n) is 17.8. The molecule has 10 heteroatoms. The standard InChI is InChI=1S/C42H38N4O6/c1-20-25-15-44-19-45(31(25)7-9-33(20)47)16-26-32(44)8-10-34(48)35(26)46-38(51)23-12-28-30(14-24(23)39(46)52)42(18-41(28,4)5)17-40(2,3)27-11-21-22(13-29(27)42)37(50)43(6)36(21)49/h7-14,47-48H,15-19H2,1-6H3. The number of phenolic OH excluding ortho intramolecular Hbond substituents is 2. The number of aromatic hydroxyl groups is 2. The Hall–Kier alpha value is -5.64. The van der Waals surface area contributed by atoms with Gasteiger partial charge in [-0.05, 0) is 107 Å². The van der Waals surface area contributed by atoms with E-state index in [9.17, 15) is 29.4 Å². The van der Waals surface area contributed by atoms with Crippen molar-refractivity contribution >= 4 is 40.7 Å². The largest absolute Gasteiger partial charge is 0.508 e. The van der Waals surface area contributed by atoms with Crippen molar-refractivity contribution in [3.05, 3.63) is 110 Å². The molecular weight excluding hydrogens is 656 g/mol. The van der Waals surface area contributed by atoms with E-state index in [4.69, 9.17) is 0 Å². The molecule has 0 saturated carbocycles. The van der Waals surface area contributed by atoms with E-state index in [1.165, 1.54) is 11.9 Å². The van der Waals surface area contributed by atoms with E-state index in [-0.39, 0.29) is 39.8 Å². The SMILES string of the molecule is Cc1c(O)ccc2c1CN1CN2Cc2c1ccc(O)c2N1C(=O)c2cc3c(cc2C1=O)C1(CC(C)(C)c2cc4c(cc21)C(=O)N(C)C4=O)CC3(C)C. The van der Waals surface area contributed by atoms with E-state index in [0.29, 0.717) is 47.6 Å². The molecular formula is C42H38N4O6. The lowest BCUT2D eigenvalue weighted by atomic mass is 9.72. The van der Waals surface area contributed by atoms with Crippen molar-refractivity contribution in [1.82, 2.24) is 4.90 Å². The molecule has 4 heterocycles. The zero-order chi connectivity index (χ0) is 36.5. The number of nitrogens with zero attached hydrogens (tertiary/aromatic N) is 4. The molecule has 0 aromatic heterocycles. The topological polar surface area (TPSA) is 122 Å². The highest BCUT2D eigenvalue weighted by Crippen LogP contribution is 2.64. The number of phenols is 2. The van der Waals surface area contributed by atoms with Gasteiger partial charge in [0.2, 0.25) is 0 Å². The molecule has 4 amide bonds. The van der Waals surface area contributed by atoms with Gasteiger partial charge in [0.15, 0.2) is 0 Å². The third kappa shape index (κ3) is 3.59. The molecule has 10 rings (SSSR count). The van der Waals surface area contributed by atoms with Gasteiger partial charge < -0.3 is 20.0 Å². The van der Waals surface area contributed by atoms with Gasteiger partial charge in [-0.25, -0.2) is 4.90 Å². The zero-order valence-corrected chi connectivity index (χ0v) is 30.0. The van der Waals surface area contributed by atoms with Crippen LogP contribution in [0.4, 0.5) is 17.1 Å². The minimum Gasteiger partial charge on any atom is -0.508 e. The molecule has 6 aliphatic rings.